The molecule has 6 nitrogen and oxygen atoms in total. The van der Waals surface area contributed by atoms with E-state index in [4.69, 9.17) is 5.26 Å². The Labute approximate surface area is 149 Å². The monoisotopic (exact) mass is 336 g/mol. The minimum absolute atomic E-state index is 0.440. The first kappa shape index (κ1) is 17.0. The number of nitrogens with one attached hydrogen (secondary N) is 1. The molecule has 0 bridgehead atoms. The van der Waals surface area contributed by atoms with Gasteiger partial charge in [-0.3, -0.25) is 0 Å². The Hall–Kier alpha value is -2.81. The zero-order chi connectivity index (χ0) is 17.6. The van der Waals surface area contributed by atoms with Gasteiger partial charge in [-0.05, 0) is 43.5 Å². The third kappa shape index (κ3) is 4.38. The van der Waals surface area contributed by atoms with Gasteiger partial charge in [-0.2, -0.15) is 5.26 Å². The first-order chi connectivity index (χ1) is 12.2. The van der Waals surface area contributed by atoms with Gasteiger partial charge in [0.15, 0.2) is 0 Å². The van der Waals surface area contributed by atoms with E-state index in [0.717, 1.165) is 49.7 Å². The van der Waals surface area contributed by atoms with E-state index >= 15 is 0 Å². The summed E-state index contributed by atoms with van der Waals surface area (Å²) in [5.74, 6) is 1.92. The lowest BCUT2D eigenvalue weighted by atomic mass is 10.1. The van der Waals surface area contributed by atoms with Crippen molar-refractivity contribution in [2.24, 2.45) is 0 Å². The van der Waals surface area contributed by atoms with Crippen LogP contribution >= 0.6 is 0 Å². The average molecular weight is 336 g/mol. The van der Waals surface area contributed by atoms with Crippen molar-refractivity contribution >= 4 is 17.3 Å². The van der Waals surface area contributed by atoms with Crippen LogP contribution in [-0.2, 0) is 0 Å². The summed E-state index contributed by atoms with van der Waals surface area (Å²) in [4.78, 5) is 13.2. The van der Waals surface area contributed by atoms with Gasteiger partial charge >= 0.3 is 0 Å². The molecule has 1 saturated heterocycles. The van der Waals surface area contributed by atoms with E-state index in [1.54, 1.807) is 6.20 Å². The number of hydrogen-bond donors (Lipinski definition) is 1. The van der Waals surface area contributed by atoms with Gasteiger partial charge in [0.1, 0.15) is 17.7 Å². The van der Waals surface area contributed by atoms with Gasteiger partial charge in [0.05, 0.1) is 17.4 Å². The fraction of sp³-hybridized carbons (Fsp3) is 0.421. The van der Waals surface area contributed by atoms with Crippen LogP contribution in [0.25, 0.3) is 0 Å². The molecule has 1 aliphatic heterocycles. The molecule has 3 heterocycles. The summed E-state index contributed by atoms with van der Waals surface area (Å²) in [5.41, 5.74) is 1.67. The molecule has 3 rings (SSSR count). The maximum Gasteiger partial charge on any atom is 0.128 e. The van der Waals surface area contributed by atoms with Crippen molar-refractivity contribution in [3.63, 3.8) is 0 Å². The molecular weight excluding hydrogens is 312 g/mol. The highest BCUT2D eigenvalue weighted by atomic mass is 15.2. The first-order valence-corrected chi connectivity index (χ1v) is 8.67. The Kier molecular flexibility index (Phi) is 5.34. The third-order valence-electron chi connectivity index (χ3n) is 4.51. The zero-order valence-electron chi connectivity index (χ0n) is 14.8. The summed E-state index contributed by atoms with van der Waals surface area (Å²) in [5, 5.41) is 12.5. The second-order valence-corrected chi connectivity index (χ2v) is 6.58. The highest BCUT2D eigenvalue weighted by molar-refractivity contribution is 5.48. The number of aromatic nitrogens is 2. The minimum atomic E-state index is 0.440. The molecule has 2 aromatic heterocycles. The quantitative estimate of drug-likeness (QED) is 0.926. The molecule has 1 fully saturated rings. The molecule has 0 radical (unpaired) electrons. The Morgan fingerprint density at radius 1 is 1.12 bits per heavy atom. The molecule has 25 heavy (non-hydrogen) atoms. The lowest BCUT2D eigenvalue weighted by Gasteiger charge is -2.22. The summed E-state index contributed by atoms with van der Waals surface area (Å²) in [6, 6.07) is 10.5. The van der Waals surface area contributed by atoms with Crippen molar-refractivity contribution in [2.45, 2.75) is 25.3 Å². The van der Waals surface area contributed by atoms with Gasteiger partial charge in [-0.15, -0.1) is 0 Å². The number of rotatable bonds is 4. The van der Waals surface area contributed by atoms with Gasteiger partial charge in [-0.25, -0.2) is 9.97 Å². The van der Waals surface area contributed by atoms with E-state index in [0.29, 0.717) is 11.6 Å². The van der Waals surface area contributed by atoms with Crippen molar-refractivity contribution in [3.05, 3.63) is 42.2 Å². The summed E-state index contributed by atoms with van der Waals surface area (Å²) in [6.45, 7) is 1.95. The third-order valence-corrected chi connectivity index (χ3v) is 4.51. The Morgan fingerprint density at radius 3 is 2.64 bits per heavy atom. The van der Waals surface area contributed by atoms with Crippen molar-refractivity contribution < 1.29 is 0 Å². The van der Waals surface area contributed by atoms with Gasteiger partial charge in [-0.1, -0.05) is 0 Å². The number of hydrogen-bond acceptors (Lipinski definition) is 6. The van der Waals surface area contributed by atoms with Crippen molar-refractivity contribution in [1.29, 1.82) is 5.26 Å². The van der Waals surface area contributed by atoms with E-state index in [9.17, 15) is 0 Å². The molecule has 1 atom stereocenters. The van der Waals surface area contributed by atoms with Gasteiger partial charge in [0.2, 0.25) is 0 Å². The standard InChI is InChI=1S/C19H24N6/c1-24(2)18-8-6-17(14-22-18)23-16-4-3-10-25(11-9-16)19-7-5-15(12-20)13-21-19/h5-8,13-14,16,23H,3-4,9-11H2,1-2H3/t16-/m1/s1. The number of nitriles is 1. The highest BCUT2D eigenvalue weighted by Crippen LogP contribution is 2.21. The zero-order valence-corrected chi connectivity index (χ0v) is 14.8. The minimum Gasteiger partial charge on any atom is -0.381 e. The molecule has 130 valence electrons. The average Bonchev–Trinajstić information content (AvgIpc) is 2.88. The van der Waals surface area contributed by atoms with Crippen LogP contribution in [0.1, 0.15) is 24.8 Å². The van der Waals surface area contributed by atoms with E-state index in [-0.39, 0.29) is 0 Å². The van der Waals surface area contributed by atoms with E-state index < -0.39 is 0 Å². The van der Waals surface area contributed by atoms with E-state index in [1.807, 2.05) is 43.4 Å². The maximum atomic E-state index is 8.89. The van der Waals surface area contributed by atoms with Gasteiger partial charge in [0.25, 0.3) is 0 Å². The van der Waals surface area contributed by atoms with Crippen LogP contribution in [0.5, 0.6) is 0 Å². The first-order valence-electron chi connectivity index (χ1n) is 8.67. The predicted octanol–water partition coefficient (Wildman–Crippen LogP) is 2.89. The van der Waals surface area contributed by atoms with E-state index in [2.05, 4.69) is 32.3 Å². The molecule has 0 amide bonds. The Morgan fingerprint density at radius 2 is 2.00 bits per heavy atom. The number of pyridine rings is 2. The molecule has 0 saturated carbocycles. The van der Waals surface area contributed by atoms with E-state index in [1.165, 1.54) is 0 Å². The van der Waals surface area contributed by atoms with Crippen LogP contribution in [0.3, 0.4) is 0 Å². The fourth-order valence-corrected chi connectivity index (χ4v) is 3.08. The highest BCUT2D eigenvalue weighted by Gasteiger charge is 2.18. The van der Waals surface area contributed by atoms with Crippen LogP contribution in [0, 0.1) is 11.3 Å². The second kappa shape index (κ2) is 7.84. The maximum absolute atomic E-state index is 8.89. The van der Waals surface area contributed by atoms with Crippen molar-refractivity contribution in [2.75, 3.05) is 42.3 Å². The van der Waals surface area contributed by atoms with Crippen LogP contribution in [0.2, 0.25) is 0 Å². The summed E-state index contributed by atoms with van der Waals surface area (Å²) < 4.78 is 0. The van der Waals surface area contributed by atoms with Crippen LogP contribution in [-0.4, -0.2) is 43.2 Å². The summed E-state index contributed by atoms with van der Waals surface area (Å²) in [6.07, 6.45) is 6.84. The molecule has 1 aliphatic rings. The molecule has 0 spiro atoms. The Balaban J connectivity index is 1.58. The second-order valence-electron chi connectivity index (χ2n) is 6.58. The van der Waals surface area contributed by atoms with Crippen molar-refractivity contribution in [3.8, 4) is 6.07 Å². The molecule has 0 aliphatic carbocycles. The predicted molar refractivity (Wildman–Crippen MR) is 101 cm³/mol. The van der Waals surface area contributed by atoms with Gasteiger partial charge < -0.3 is 15.1 Å². The molecule has 2 aromatic rings. The SMILES string of the molecule is CN(C)c1ccc(N[C@@H]2CCCN(c3ccc(C#N)cn3)CC2)cn1. The number of anilines is 3. The lowest BCUT2D eigenvalue weighted by molar-refractivity contribution is 0.639. The van der Waals surface area contributed by atoms with Crippen LogP contribution < -0.4 is 15.1 Å². The normalized spacial score (nSPS) is 17.5. The van der Waals surface area contributed by atoms with Crippen LogP contribution in [0.15, 0.2) is 36.7 Å². The van der Waals surface area contributed by atoms with Crippen molar-refractivity contribution in [1.82, 2.24) is 9.97 Å². The van der Waals surface area contributed by atoms with Gasteiger partial charge in [0, 0.05) is 39.4 Å². The summed E-state index contributed by atoms with van der Waals surface area (Å²) in [7, 11) is 3.99. The largest absolute Gasteiger partial charge is 0.381 e. The molecule has 0 aromatic carbocycles. The molecular formula is C19H24N6. The topological polar surface area (TPSA) is 68.1 Å². The smallest absolute Gasteiger partial charge is 0.128 e. The molecule has 1 N–H and O–H groups in total. The summed E-state index contributed by atoms with van der Waals surface area (Å²) >= 11 is 0. The Bertz CT molecular complexity index is 717. The van der Waals surface area contributed by atoms with Crippen LogP contribution in [0.4, 0.5) is 17.3 Å². The molecule has 0 unspecified atom stereocenters. The molecule has 6 heteroatoms. The lowest BCUT2D eigenvalue weighted by Crippen LogP contribution is -2.26. The number of nitrogens with zero attached hydrogens (tertiary/aromatic N) is 5. The fourth-order valence-electron chi connectivity index (χ4n) is 3.08.